The summed E-state index contributed by atoms with van der Waals surface area (Å²) >= 11 is 0.864. The molecule has 2 amide bonds. The Balaban J connectivity index is 1.50. The van der Waals surface area contributed by atoms with E-state index in [4.69, 9.17) is 4.74 Å². The number of benzene rings is 4. The second kappa shape index (κ2) is 10.4. The van der Waals surface area contributed by atoms with Crippen molar-refractivity contribution in [1.82, 2.24) is 4.90 Å². The number of hydrogen-bond donors (Lipinski definition) is 0. The number of nitrogens with zero attached hydrogens (tertiary/aromatic N) is 3. The van der Waals surface area contributed by atoms with Crippen molar-refractivity contribution in [1.29, 1.82) is 10.5 Å². The van der Waals surface area contributed by atoms with E-state index in [-0.39, 0.29) is 18.1 Å². The predicted octanol–water partition coefficient (Wildman–Crippen LogP) is 6.40. The number of ether oxygens (including phenoxy) is 1. The normalized spacial score (nSPS) is 14.1. The standard InChI is InChI=1S/C30H19N3O3S/c31-16-21-8-1-3-10-23(21)18-33-29(34)28(37-30(33)35)15-26-25-12-6-5-7-20(25)13-14-27(26)36-19-24-11-4-2-9-22(24)17-32/h1-15H,18-19H2/b28-15+. The van der Waals surface area contributed by atoms with E-state index in [1.807, 2.05) is 48.5 Å². The van der Waals surface area contributed by atoms with Crippen LogP contribution in [0.5, 0.6) is 5.75 Å². The largest absolute Gasteiger partial charge is 0.488 e. The Kier molecular flexibility index (Phi) is 6.72. The zero-order chi connectivity index (χ0) is 25.8. The summed E-state index contributed by atoms with van der Waals surface area (Å²) in [6.45, 7) is 0.199. The molecule has 0 saturated carbocycles. The highest BCUT2D eigenvalue weighted by Gasteiger charge is 2.35. The van der Waals surface area contributed by atoms with E-state index in [1.165, 1.54) is 0 Å². The van der Waals surface area contributed by atoms with Crippen LogP contribution in [0.3, 0.4) is 0 Å². The first-order chi connectivity index (χ1) is 18.1. The summed E-state index contributed by atoms with van der Waals surface area (Å²) < 4.78 is 6.15. The molecule has 4 aromatic carbocycles. The van der Waals surface area contributed by atoms with Crippen LogP contribution in [0, 0.1) is 22.7 Å². The van der Waals surface area contributed by atoms with Crippen LogP contribution in [0.2, 0.25) is 0 Å². The lowest BCUT2D eigenvalue weighted by atomic mass is 10.0. The van der Waals surface area contributed by atoms with E-state index in [9.17, 15) is 20.1 Å². The summed E-state index contributed by atoms with van der Waals surface area (Å²) in [5.74, 6) is 0.115. The maximum Gasteiger partial charge on any atom is 0.293 e. The van der Waals surface area contributed by atoms with Crippen molar-refractivity contribution >= 4 is 39.8 Å². The Morgan fingerprint density at radius 2 is 1.46 bits per heavy atom. The highest BCUT2D eigenvalue weighted by atomic mass is 32.2. The molecule has 0 bridgehead atoms. The van der Waals surface area contributed by atoms with Crippen LogP contribution in [0.4, 0.5) is 4.79 Å². The molecule has 1 saturated heterocycles. The minimum atomic E-state index is -0.420. The van der Waals surface area contributed by atoms with Crippen molar-refractivity contribution in [3.63, 3.8) is 0 Å². The van der Waals surface area contributed by atoms with E-state index < -0.39 is 11.1 Å². The van der Waals surface area contributed by atoms with Gasteiger partial charge < -0.3 is 4.74 Å². The van der Waals surface area contributed by atoms with Crippen LogP contribution in [0.25, 0.3) is 16.8 Å². The number of thioether (sulfide) groups is 1. The predicted molar refractivity (Wildman–Crippen MR) is 142 cm³/mol. The third-order valence-electron chi connectivity index (χ3n) is 6.07. The molecule has 1 aliphatic rings. The van der Waals surface area contributed by atoms with Gasteiger partial charge in [-0.15, -0.1) is 0 Å². The van der Waals surface area contributed by atoms with Gasteiger partial charge >= 0.3 is 0 Å². The molecule has 0 N–H and O–H groups in total. The third-order valence-corrected chi connectivity index (χ3v) is 6.97. The molecule has 1 fully saturated rings. The molecule has 0 spiro atoms. The van der Waals surface area contributed by atoms with Gasteiger partial charge in [0, 0.05) is 11.1 Å². The first-order valence-electron chi connectivity index (χ1n) is 11.4. The molecule has 37 heavy (non-hydrogen) atoms. The number of imide groups is 1. The van der Waals surface area contributed by atoms with Gasteiger partial charge in [-0.2, -0.15) is 10.5 Å². The fraction of sp³-hybridized carbons (Fsp3) is 0.0667. The Labute approximate surface area is 218 Å². The van der Waals surface area contributed by atoms with Crippen LogP contribution >= 0.6 is 11.8 Å². The molecule has 6 nitrogen and oxygen atoms in total. The molecule has 0 atom stereocenters. The number of hydrogen-bond acceptors (Lipinski definition) is 6. The van der Waals surface area contributed by atoms with Gasteiger partial charge in [-0.05, 0) is 52.4 Å². The van der Waals surface area contributed by atoms with Crippen molar-refractivity contribution < 1.29 is 14.3 Å². The van der Waals surface area contributed by atoms with Crippen molar-refractivity contribution in [3.8, 4) is 17.9 Å². The monoisotopic (exact) mass is 501 g/mol. The lowest BCUT2D eigenvalue weighted by Gasteiger charge is -2.14. The molecule has 0 unspecified atom stereocenters. The Morgan fingerprint density at radius 1 is 0.811 bits per heavy atom. The summed E-state index contributed by atoms with van der Waals surface area (Å²) in [7, 11) is 0. The van der Waals surface area contributed by atoms with Gasteiger partial charge in [0.05, 0.1) is 34.7 Å². The highest BCUT2D eigenvalue weighted by molar-refractivity contribution is 8.18. The van der Waals surface area contributed by atoms with Gasteiger partial charge in [0.15, 0.2) is 0 Å². The second-order valence-electron chi connectivity index (χ2n) is 8.29. The van der Waals surface area contributed by atoms with Gasteiger partial charge in [-0.25, -0.2) is 0 Å². The highest BCUT2D eigenvalue weighted by Crippen LogP contribution is 2.38. The van der Waals surface area contributed by atoms with E-state index >= 15 is 0 Å². The zero-order valence-electron chi connectivity index (χ0n) is 19.5. The fourth-order valence-corrected chi connectivity index (χ4v) is 4.99. The first kappa shape index (κ1) is 23.9. The summed E-state index contributed by atoms with van der Waals surface area (Å²) in [6, 6.07) is 29.9. The first-order valence-corrected chi connectivity index (χ1v) is 12.3. The van der Waals surface area contributed by atoms with Gasteiger partial charge in [0.25, 0.3) is 11.1 Å². The number of rotatable bonds is 6. The number of amides is 2. The van der Waals surface area contributed by atoms with Crippen LogP contribution in [0.1, 0.15) is 27.8 Å². The van der Waals surface area contributed by atoms with E-state index in [0.717, 1.165) is 33.0 Å². The molecular formula is C30H19N3O3S. The molecule has 0 aliphatic carbocycles. The molecule has 1 aliphatic heterocycles. The van der Waals surface area contributed by atoms with Gasteiger partial charge in [-0.3, -0.25) is 14.5 Å². The number of fused-ring (bicyclic) bond motifs is 1. The lowest BCUT2D eigenvalue weighted by molar-refractivity contribution is -0.123. The smallest absolute Gasteiger partial charge is 0.293 e. The molecular weight excluding hydrogens is 482 g/mol. The average Bonchev–Trinajstić information content (AvgIpc) is 3.20. The van der Waals surface area contributed by atoms with Crippen molar-refractivity contribution in [2.45, 2.75) is 13.2 Å². The van der Waals surface area contributed by atoms with E-state index in [0.29, 0.717) is 28.0 Å². The number of carbonyl (C=O) groups excluding carboxylic acids is 2. The van der Waals surface area contributed by atoms with Crippen molar-refractivity contribution in [3.05, 3.63) is 118 Å². The molecule has 0 radical (unpaired) electrons. The van der Waals surface area contributed by atoms with Gasteiger partial charge in [0.2, 0.25) is 0 Å². The summed E-state index contributed by atoms with van der Waals surface area (Å²) in [5, 5.41) is 20.2. The summed E-state index contributed by atoms with van der Waals surface area (Å²) in [5.41, 5.74) is 2.99. The quantitative estimate of drug-likeness (QED) is 0.284. The Bertz CT molecular complexity index is 1660. The molecule has 5 rings (SSSR count). The lowest BCUT2D eigenvalue weighted by Crippen LogP contribution is -2.27. The Hall–Kier alpha value is -4.85. The SMILES string of the molecule is N#Cc1ccccc1COc1ccc2ccccc2c1/C=C1/SC(=O)N(Cc2ccccc2C#N)C1=O. The number of carbonyl (C=O) groups is 2. The van der Waals surface area contributed by atoms with E-state index in [1.54, 1.807) is 42.5 Å². The maximum atomic E-state index is 13.3. The van der Waals surface area contributed by atoms with Crippen LogP contribution in [-0.4, -0.2) is 16.0 Å². The molecule has 4 aromatic rings. The molecule has 1 heterocycles. The fourth-order valence-electron chi connectivity index (χ4n) is 4.17. The average molecular weight is 502 g/mol. The minimum absolute atomic E-state index is 0.0234. The Morgan fingerprint density at radius 3 is 2.22 bits per heavy atom. The summed E-state index contributed by atoms with van der Waals surface area (Å²) in [4.78, 5) is 27.5. The molecule has 178 valence electrons. The maximum absolute atomic E-state index is 13.3. The van der Waals surface area contributed by atoms with Gasteiger partial charge in [0.1, 0.15) is 12.4 Å². The third kappa shape index (κ3) is 4.81. The number of nitriles is 2. The molecule has 7 heteroatoms. The summed E-state index contributed by atoms with van der Waals surface area (Å²) in [6.07, 6.45) is 1.69. The van der Waals surface area contributed by atoms with Crippen molar-refractivity contribution in [2.24, 2.45) is 0 Å². The van der Waals surface area contributed by atoms with Crippen LogP contribution < -0.4 is 4.74 Å². The van der Waals surface area contributed by atoms with Crippen LogP contribution in [0.15, 0.2) is 89.8 Å². The van der Waals surface area contributed by atoms with Crippen LogP contribution in [-0.2, 0) is 17.9 Å². The van der Waals surface area contributed by atoms with E-state index in [2.05, 4.69) is 12.1 Å². The molecule has 0 aromatic heterocycles. The van der Waals surface area contributed by atoms with Gasteiger partial charge in [-0.1, -0.05) is 66.7 Å². The van der Waals surface area contributed by atoms with Crippen molar-refractivity contribution in [2.75, 3.05) is 0 Å². The second-order valence-corrected chi connectivity index (χ2v) is 9.29. The zero-order valence-corrected chi connectivity index (χ0v) is 20.4. The minimum Gasteiger partial charge on any atom is -0.488 e. The topological polar surface area (TPSA) is 94.2 Å².